The Balaban J connectivity index is 3.23. The zero-order valence-corrected chi connectivity index (χ0v) is 9.06. The molecule has 1 atom stereocenters. The molecule has 0 fully saturated rings. The van der Waals surface area contributed by atoms with Crippen LogP contribution in [0.4, 0.5) is 18.9 Å². The molecule has 0 spiro atoms. The summed E-state index contributed by atoms with van der Waals surface area (Å²) in [7, 11) is 0. The summed E-state index contributed by atoms with van der Waals surface area (Å²) in [5, 5.41) is -1.11. The molecular weight excluding hydrogens is 243 g/mol. The molecule has 0 aromatic heterocycles. The number of halogens is 4. The first kappa shape index (κ1) is 12.8. The number of carbonyl (C=O) groups excluding carboxylic acids is 1. The maximum absolute atomic E-state index is 12.4. The molecule has 0 amide bonds. The minimum atomic E-state index is -4.50. The molecule has 1 unspecified atom stereocenters. The number of hydrogen-bond donors (Lipinski definition) is 1. The van der Waals surface area contributed by atoms with E-state index in [1.165, 1.54) is 13.0 Å². The molecule has 0 saturated carbocycles. The normalized spacial score (nSPS) is 13.6. The van der Waals surface area contributed by atoms with Crippen LogP contribution in [0.25, 0.3) is 0 Å². The van der Waals surface area contributed by atoms with E-state index in [1.807, 2.05) is 0 Å². The third-order valence-corrected chi connectivity index (χ3v) is 2.51. The van der Waals surface area contributed by atoms with E-state index >= 15 is 0 Å². The maximum Gasteiger partial charge on any atom is 0.416 e. The summed E-state index contributed by atoms with van der Waals surface area (Å²) in [5.74, 6) is -0.430. The summed E-state index contributed by atoms with van der Waals surface area (Å²) >= 11 is 5.66. The van der Waals surface area contributed by atoms with Crippen molar-refractivity contribution in [3.05, 3.63) is 29.3 Å². The first-order chi connectivity index (χ1) is 7.21. The molecule has 2 nitrogen and oxygen atoms in total. The van der Waals surface area contributed by atoms with Gasteiger partial charge in [-0.1, -0.05) is 0 Å². The quantitative estimate of drug-likeness (QED) is 0.648. The SMILES string of the molecule is CC(=O)C(Cl)c1cc(N)cc(C(F)(F)F)c1. The van der Waals surface area contributed by atoms with Crippen LogP contribution in [0.1, 0.15) is 23.4 Å². The van der Waals surface area contributed by atoms with Crippen LogP contribution in [-0.2, 0) is 11.0 Å². The van der Waals surface area contributed by atoms with Gasteiger partial charge in [0, 0.05) is 5.69 Å². The number of Topliss-reactive ketones (excluding diaryl/α,β-unsaturated/α-hetero) is 1. The topological polar surface area (TPSA) is 43.1 Å². The molecule has 1 aromatic rings. The number of alkyl halides is 4. The maximum atomic E-state index is 12.4. The highest BCUT2D eigenvalue weighted by atomic mass is 35.5. The van der Waals surface area contributed by atoms with Gasteiger partial charge in [0.25, 0.3) is 0 Å². The summed E-state index contributed by atoms with van der Waals surface area (Å²) in [6.07, 6.45) is -4.50. The van der Waals surface area contributed by atoms with Gasteiger partial charge in [-0.2, -0.15) is 13.2 Å². The molecule has 2 N–H and O–H groups in total. The summed E-state index contributed by atoms with van der Waals surface area (Å²) in [6.45, 7) is 1.20. The molecule has 0 heterocycles. The molecule has 6 heteroatoms. The molecule has 1 aromatic carbocycles. The van der Waals surface area contributed by atoms with E-state index in [-0.39, 0.29) is 11.3 Å². The number of benzene rings is 1. The predicted octanol–water partition coefficient (Wildman–Crippen LogP) is 3.16. The molecule has 0 bridgehead atoms. The van der Waals surface area contributed by atoms with Gasteiger partial charge in [0.2, 0.25) is 0 Å². The lowest BCUT2D eigenvalue weighted by atomic mass is 10.0. The Hall–Kier alpha value is -1.23. The number of hydrogen-bond acceptors (Lipinski definition) is 2. The fraction of sp³-hybridized carbons (Fsp3) is 0.300. The molecule has 88 valence electrons. The zero-order chi connectivity index (χ0) is 12.5. The second kappa shape index (κ2) is 4.33. The standard InChI is InChI=1S/C10H9ClF3NO/c1-5(16)9(11)6-2-7(10(12,13)14)4-8(15)3-6/h2-4,9H,15H2,1H3. The van der Waals surface area contributed by atoms with E-state index < -0.39 is 22.9 Å². The summed E-state index contributed by atoms with van der Waals surface area (Å²) in [4.78, 5) is 11.0. The molecule has 1 rings (SSSR count). The van der Waals surface area contributed by atoms with Crippen LogP contribution in [-0.4, -0.2) is 5.78 Å². The Kier molecular flexibility index (Phi) is 3.48. The van der Waals surface area contributed by atoms with Crippen molar-refractivity contribution >= 4 is 23.1 Å². The van der Waals surface area contributed by atoms with Crippen molar-refractivity contribution in [2.24, 2.45) is 0 Å². The highest BCUT2D eigenvalue weighted by Crippen LogP contribution is 2.34. The van der Waals surface area contributed by atoms with Crippen LogP contribution in [0.15, 0.2) is 18.2 Å². The average molecular weight is 252 g/mol. The van der Waals surface area contributed by atoms with Gasteiger partial charge in [-0.3, -0.25) is 4.79 Å². The van der Waals surface area contributed by atoms with Crippen molar-refractivity contribution in [1.82, 2.24) is 0 Å². The van der Waals surface area contributed by atoms with E-state index in [9.17, 15) is 18.0 Å². The third kappa shape index (κ3) is 2.88. The van der Waals surface area contributed by atoms with Gasteiger partial charge in [0.05, 0.1) is 5.56 Å². The van der Waals surface area contributed by atoms with Crippen LogP contribution in [0.5, 0.6) is 0 Å². The van der Waals surface area contributed by atoms with E-state index in [1.54, 1.807) is 0 Å². The highest BCUT2D eigenvalue weighted by molar-refractivity contribution is 6.30. The van der Waals surface area contributed by atoms with Gasteiger partial charge < -0.3 is 5.73 Å². The minimum absolute atomic E-state index is 0.0569. The summed E-state index contributed by atoms with van der Waals surface area (Å²) in [6, 6.07) is 2.89. The molecule has 0 aliphatic heterocycles. The second-order valence-corrected chi connectivity index (χ2v) is 3.80. The van der Waals surface area contributed by atoms with Crippen molar-refractivity contribution in [1.29, 1.82) is 0 Å². The van der Waals surface area contributed by atoms with E-state index in [2.05, 4.69) is 0 Å². The number of carbonyl (C=O) groups is 1. The lowest BCUT2D eigenvalue weighted by molar-refractivity contribution is -0.137. The smallest absolute Gasteiger partial charge is 0.399 e. The molecule has 0 saturated heterocycles. The number of anilines is 1. The lowest BCUT2D eigenvalue weighted by Crippen LogP contribution is -2.09. The molecule has 0 radical (unpaired) electrons. The monoisotopic (exact) mass is 251 g/mol. The van der Waals surface area contributed by atoms with Crippen molar-refractivity contribution < 1.29 is 18.0 Å². The van der Waals surface area contributed by atoms with Gasteiger partial charge >= 0.3 is 6.18 Å². The number of rotatable bonds is 2. The molecule has 16 heavy (non-hydrogen) atoms. The number of nitrogen functional groups attached to an aromatic ring is 1. The van der Waals surface area contributed by atoms with Crippen molar-refractivity contribution in [2.45, 2.75) is 18.5 Å². The number of ketones is 1. The molecular formula is C10H9ClF3NO. The van der Waals surface area contributed by atoms with E-state index in [4.69, 9.17) is 17.3 Å². The second-order valence-electron chi connectivity index (χ2n) is 3.36. The van der Waals surface area contributed by atoms with Crippen molar-refractivity contribution in [3.63, 3.8) is 0 Å². The minimum Gasteiger partial charge on any atom is -0.399 e. The van der Waals surface area contributed by atoms with E-state index in [0.29, 0.717) is 0 Å². The first-order valence-corrected chi connectivity index (χ1v) is 4.77. The Labute approximate surface area is 95.2 Å². The molecule has 0 aliphatic carbocycles. The predicted molar refractivity (Wildman–Crippen MR) is 55.1 cm³/mol. The van der Waals surface area contributed by atoms with Gasteiger partial charge in [0.15, 0.2) is 5.78 Å². The fourth-order valence-corrected chi connectivity index (χ4v) is 1.35. The first-order valence-electron chi connectivity index (χ1n) is 4.34. The summed E-state index contributed by atoms with van der Waals surface area (Å²) in [5.41, 5.74) is 4.40. The Morgan fingerprint density at radius 1 is 1.38 bits per heavy atom. The van der Waals surface area contributed by atoms with Crippen LogP contribution in [0.3, 0.4) is 0 Å². The van der Waals surface area contributed by atoms with Gasteiger partial charge in [0.1, 0.15) is 5.38 Å². The van der Waals surface area contributed by atoms with Crippen LogP contribution >= 0.6 is 11.6 Å². The van der Waals surface area contributed by atoms with Crippen molar-refractivity contribution in [2.75, 3.05) is 5.73 Å². The summed E-state index contributed by atoms with van der Waals surface area (Å²) < 4.78 is 37.3. The van der Waals surface area contributed by atoms with Crippen LogP contribution in [0, 0.1) is 0 Å². The Bertz CT molecular complexity index is 417. The largest absolute Gasteiger partial charge is 0.416 e. The average Bonchev–Trinajstić information content (AvgIpc) is 2.14. The zero-order valence-electron chi connectivity index (χ0n) is 8.31. The Morgan fingerprint density at radius 2 is 1.94 bits per heavy atom. The van der Waals surface area contributed by atoms with Crippen molar-refractivity contribution in [3.8, 4) is 0 Å². The van der Waals surface area contributed by atoms with Crippen LogP contribution in [0.2, 0.25) is 0 Å². The van der Waals surface area contributed by atoms with E-state index in [0.717, 1.165) is 12.1 Å². The van der Waals surface area contributed by atoms with Crippen LogP contribution < -0.4 is 5.73 Å². The Morgan fingerprint density at radius 3 is 2.38 bits per heavy atom. The van der Waals surface area contributed by atoms with Gasteiger partial charge in [-0.15, -0.1) is 11.6 Å². The lowest BCUT2D eigenvalue weighted by Gasteiger charge is -2.12. The fourth-order valence-electron chi connectivity index (χ4n) is 1.22. The number of nitrogens with two attached hydrogens (primary N) is 1. The highest BCUT2D eigenvalue weighted by Gasteiger charge is 2.31. The molecule has 0 aliphatic rings. The van der Waals surface area contributed by atoms with Gasteiger partial charge in [-0.05, 0) is 30.7 Å². The van der Waals surface area contributed by atoms with Gasteiger partial charge in [-0.25, -0.2) is 0 Å². The third-order valence-electron chi connectivity index (χ3n) is 1.95.